The minimum absolute atomic E-state index is 0.190. The van der Waals surface area contributed by atoms with Crippen molar-refractivity contribution in [2.24, 2.45) is 0 Å². The predicted octanol–water partition coefficient (Wildman–Crippen LogP) is 2.11. The molecule has 0 aliphatic heterocycles. The number of methoxy groups -OCH3 is 1. The molecule has 7 heteroatoms. The van der Waals surface area contributed by atoms with Gasteiger partial charge in [-0.15, -0.1) is 0 Å². The molecule has 0 saturated heterocycles. The van der Waals surface area contributed by atoms with Crippen molar-refractivity contribution in [1.82, 2.24) is 0 Å². The number of Topliss-reactive ketones (excluding diaryl/α,β-unsaturated/α-hetero) is 1. The van der Waals surface area contributed by atoms with Crippen LogP contribution in [0.4, 0.5) is 0 Å². The molecule has 2 rings (SSSR count). The van der Waals surface area contributed by atoms with Gasteiger partial charge < -0.3 is 9.84 Å². The number of carbonyl (C=O) groups is 1. The van der Waals surface area contributed by atoms with E-state index in [1.54, 1.807) is 12.2 Å². The topological polar surface area (TPSA) is 101 Å². The Balaban J connectivity index is 2.57. The van der Waals surface area contributed by atoms with E-state index in [2.05, 4.69) is 0 Å². The summed E-state index contributed by atoms with van der Waals surface area (Å²) in [6.45, 7) is 0. The van der Waals surface area contributed by atoms with E-state index in [4.69, 9.17) is 4.74 Å². The maximum atomic E-state index is 12.3. The predicted molar refractivity (Wildman–Crippen MR) is 75.3 cm³/mol. The molecule has 21 heavy (non-hydrogen) atoms. The highest BCUT2D eigenvalue weighted by Gasteiger charge is 2.24. The molecule has 0 saturated carbocycles. The van der Waals surface area contributed by atoms with Gasteiger partial charge in [0.05, 0.1) is 12.7 Å². The molecule has 0 spiro atoms. The van der Waals surface area contributed by atoms with Gasteiger partial charge in [-0.05, 0) is 18.9 Å². The number of ether oxygens (including phenoxy) is 1. The van der Waals surface area contributed by atoms with Crippen molar-refractivity contribution >= 4 is 15.9 Å². The maximum absolute atomic E-state index is 12.3. The Morgan fingerprint density at radius 1 is 1.33 bits per heavy atom. The molecule has 1 aromatic rings. The summed E-state index contributed by atoms with van der Waals surface area (Å²) in [6, 6.07) is 1.92. The van der Waals surface area contributed by atoms with Crippen molar-refractivity contribution in [2.45, 2.75) is 17.7 Å². The molecule has 0 unspecified atom stereocenters. The van der Waals surface area contributed by atoms with Crippen molar-refractivity contribution in [3.05, 3.63) is 41.5 Å². The van der Waals surface area contributed by atoms with Gasteiger partial charge in [-0.2, -0.15) is 8.42 Å². The lowest BCUT2D eigenvalue weighted by atomic mass is 9.96. The highest BCUT2D eigenvalue weighted by atomic mass is 32.2. The second-order valence-corrected chi connectivity index (χ2v) is 5.87. The molecule has 0 amide bonds. The Labute approximate surface area is 122 Å². The lowest BCUT2D eigenvalue weighted by Crippen LogP contribution is -2.09. The summed E-state index contributed by atoms with van der Waals surface area (Å²) in [6.07, 6.45) is 6.43. The molecule has 1 aromatic carbocycles. The van der Waals surface area contributed by atoms with Crippen molar-refractivity contribution in [3.8, 4) is 11.5 Å². The number of aromatic hydroxyl groups is 1. The van der Waals surface area contributed by atoms with Crippen LogP contribution in [0.1, 0.15) is 23.2 Å². The van der Waals surface area contributed by atoms with Crippen LogP contribution in [0, 0.1) is 0 Å². The molecular weight excluding hydrogens is 296 g/mol. The molecule has 0 fully saturated rings. The number of carbonyl (C=O) groups excluding carboxylic acids is 1. The van der Waals surface area contributed by atoms with Crippen LogP contribution >= 0.6 is 0 Å². The zero-order valence-corrected chi connectivity index (χ0v) is 12.1. The van der Waals surface area contributed by atoms with Crippen molar-refractivity contribution < 1.29 is 27.6 Å². The summed E-state index contributed by atoms with van der Waals surface area (Å²) < 4.78 is 36.6. The molecule has 0 bridgehead atoms. The third-order valence-corrected chi connectivity index (χ3v) is 3.98. The standard InChI is InChI=1S/C14H14O6S/c1-20-12-8-11(15)10(7-13(12)21(17,18)19)14(16)9-5-3-2-4-6-9/h2-3,5,7-8,15H,4,6H2,1H3,(H,17,18,19). The van der Waals surface area contributed by atoms with Crippen LogP contribution in [0.15, 0.2) is 40.8 Å². The Kier molecular flexibility index (Phi) is 4.15. The van der Waals surface area contributed by atoms with E-state index in [1.165, 1.54) is 7.11 Å². The zero-order chi connectivity index (χ0) is 15.6. The number of phenols is 1. The Bertz CT molecular complexity index is 743. The molecule has 1 aliphatic carbocycles. The highest BCUT2D eigenvalue weighted by molar-refractivity contribution is 7.86. The van der Waals surface area contributed by atoms with E-state index in [9.17, 15) is 22.9 Å². The third kappa shape index (κ3) is 3.14. The smallest absolute Gasteiger partial charge is 0.298 e. The highest BCUT2D eigenvalue weighted by Crippen LogP contribution is 2.33. The number of ketones is 1. The van der Waals surface area contributed by atoms with Crippen molar-refractivity contribution in [3.63, 3.8) is 0 Å². The first-order valence-corrected chi connectivity index (χ1v) is 7.57. The van der Waals surface area contributed by atoms with Crippen LogP contribution in [0.3, 0.4) is 0 Å². The quantitative estimate of drug-likeness (QED) is 0.652. The molecular formula is C14H14O6S. The number of allylic oxidation sites excluding steroid dienone is 4. The summed E-state index contributed by atoms with van der Waals surface area (Å²) in [4.78, 5) is 11.8. The van der Waals surface area contributed by atoms with Crippen LogP contribution in [0.2, 0.25) is 0 Å². The fourth-order valence-corrected chi connectivity index (χ4v) is 2.72. The van der Waals surface area contributed by atoms with E-state index in [-0.39, 0.29) is 11.3 Å². The summed E-state index contributed by atoms with van der Waals surface area (Å²) >= 11 is 0. The van der Waals surface area contributed by atoms with Gasteiger partial charge in [-0.25, -0.2) is 0 Å². The second-order valence-electron chi connectivity index (χ2n) is 4.48. The van der Waals surface area contributed by atoms with Crippen molar-refractivity contribution in [2.75, 3.05) is 7.11 Å². The van der Waals surface area contributed by atoms with E-state index < -0.39 is 26.5 Å². The molecule has 112 valence electrons. The first kappa shape index (κ1) is 15.3. The average molecular weight is 310 g/mol. The van der Waals surface area contributed by atoms with E-state index in [0.717, 1.165) is 12.1 Å². The van der Waals surface area contributed by atoms with Gasteiger partial charge in [0, 0.05) is 11.6 Å². The SMILES string of the molecule is COc1cc(O)c(C(=O)C2=CC=CCC2)cc1S(=O)(=O)O. The van der Waals surface area contributed by atoms with Crippen LogP contribution in [0.25, 0.3) is 0 Å². The third-order valence-electron chi connectivity index (χ3n) is 3.11. The Hall–Kier alpha value is -2.12. The number of benzene rings is 1. The minimum Gasteiger partial charge on any atom is -0.507 e. The van der Waals surface area contributed by atoms with Gasteiger partial charge in [-0.1, -0.05) is 18.2 Å². The van der Waals surface area contributed by atoms with E-state index >= 15 is 0 Å². The van der Waals surface area contributed by atoms with Gasteiger partial charge in [0.25, 0.3) is 10.1 Å². The monoisotopic (exact) mass is 310 g/mol. The Morgan fingerprint density at radius 3 is 2.57 bits per heavy atom. The van der Waals surface area contributed by atoms with Crippen LogP contribution < -0.4 is 4.74 Å². The first-order chi connectivity index (χ1) is 9.84. The largest absolute Gasteiger partial charge is 0.507 e. The number of hydrogen-bond acceptors (Lipinski definition) is 5. The molecule has 0 aromatic heterocycles. The van der Waals surface area contributed by atoms with E-state index in [1.807, 2.05) is 6.08 Å². The van der Waals surface area contributed by atoms with Gasteiger partial charge >= 0.3 is 0 Å². The summed E-state index contributed by atoms with van der Waals surface area (Å²) in [5.74, 6) is -1.12. The maximum Gasteiger partial charge on any atom is 0.298 e. The molecule has 0 radical (unpaired) electrons. The molecule has 2 N–H and O–H groups in total. The van der Waals surface area contributed by atoms with Crippen LogP contribution in [-0.2, 0) is 10.1 Å². The van der Waals surface area contributed by atoms with Gasteiger partial charge in [0.2, 0.25) is 0 Å². The lowest BCUT2D eigenvalue weighted by molar-refractivity contribution is 0.102. The fourth-order valence-electron chi connectivity index (χ4n) is 2.06. The summed E-state index contributed by atoms with van der Waals surface area (Å²) in [5.41, 5.74) is 0.268. The van der Waals surface area contributed by atoms with E-state index in [0.29, 0.717) is 18.4 Å². The van der Waals surface area contributed by atoms with Crippen LogP contribution in [-0.4, -0.2) is 31.0 Å². The average Bonchev–Trinajstić information content (AvgIpc) is 2.45. The lowest BCUT2D eigenvalue weighted by Gasteiger charge is -2.12. The number of rotatable bonds is 4. The summed E-state index contributed by atoms with van der Waals surface area (Å²) in [5, 5.41) is 9.89. The fraction of sp³-hybridized carbons (Fsp3) is 0.214. The number of phenolic OH excluding ortho intramolecular Hbond substituents is 1. The van der Waals surface area contributed by atoms with Crippen molar-refractivity contribution in [1.29, 1.82) is 0 Å². The van der Waals surface area contributed by atoms with Gasteiger partial charge in [0.15, 0.2) is 5.78 Å². The first-order valence-electron chi connectivity index (χ1n) is 6.13. The second kappa shape index (κ2) is 5.71. The molecule has 0 atom stereocenters. The van der Waals surface area contributed by atoms with Gasteiger partial charge in [-0.3, -0.25) is 9.35 Å². The molecule has 1 aliphatic rings. The summed E-state index contributed by atoms with van der Waals surface area (Å²) in [7, 11) is -3.38. The normalized spacial score (nSPS) is 14.7. The number of hydrogen-bond donors (Lipinski definition) is 2. The Morgan fingerprint density at radius 2 is 2.05 bits per heavy atom. The minimum atomic E-state index is -4.57. The molecule has 6 nitrogen and oxygen atoms in total. The zero-order valence-electron chi connectivity index (χ0n) is 11.2. The van der Waals surface area contributed by atoms with Gasteiger partial charge in [0.1, 0.15) is 16.4 Å². The molecule has 0 heterocycles. The van der Waals surface area contributed by atoms with Crippen LogP contribution in [0.5, 0.6) is 11.5 Å².